The molecule has 10 nitrogen and oxygen atoms in total. The molecule has 96 valence electrons. The van der Waals surface area contributed by atoms with Crippen LogP contribution in [0.15, 0.2) is 0 Å². The summed E-state index contributed by atoms with van der Waals surface area (Å²) in [6, 6.07) is 0. The van der Waals surface area contributed by atoms with E-state index in [0.717, 1.165) is 0 Å². The van der Waals surface area contributed by atoms with Crippen LogP contribution in [-0.4, -0.2) is 167 Å². The van der Waals surface area contributed by atoms with Crippen LogP contribution in [0.5, 0.6) is 0 Å². The summed E-state index contributed by atoms with van der Waals surface area (Å²) in [5.74, 6) is 0. The van der Waals surface area contributed by atoms with Gasteiger partial charge in [-0.25, -0.2) is 13.7 Å². The molecule has 0 fully saturated rings. The SMILES string of the molecule is O=P(O)(O)OP(=O)(O)OP(=O)(O)OP.[NaH].[NaH].[NaH].[NaH].[NaH]. The Morgan fingerprint density at radius 3 is 1.21 bits per heavy atom. The topological polar surface area (TPSA) is 160 Å². The van der Waals surface area contributed by atoms with E-state index in [-0.39, 0.29) is 148 Å². The van der Waals surface area contributed by atoms with Crippen LogP contribution in [0.1, 0.15) is 0 Å². The molecule has 0 saturated heterocycles. The Morgan fingerprint density at radius 2 is 1.00 bits per heavy atom. The van der Waals surface area contributed by atoms with Gasteiger partial charge in [0.05, 0.1) is 0 Å². The van der Waals surface area contributed by atoms with Crippen molar-refractivity contribution in [2.45, 2.75) is 0 Å². The van der Waals surface area contributed by atoms with Crippen molar-refractivity contribution >= 4 is 181 Å². The van der Waals surface area contributed by atoms with Crippen LogP contribution in [-0.2, 0) is 26.6 Å². The standard InChI is InChI=1S/5Na.H6O10P4.5H/c;;;;;1-12(2,3)9-14(6,7)10-13(4,5)8-11;;;;;/h;;;;;11H2,(H,4,5)(H,6,7)(H2,1,2,3);;;;;. The second kappa shape index (κ2) is 17.3. The van der Waals surface area contributed by atoms with Gasteiger partial charge in [0.2, 0.25) is 0 Å². The van der Waals surface area contributed by atoms with Crippen LogP contribution in [0.25, 0.3) is 0 Å². The summed E-state index contributed by atoms with van der Waals surface area (Å²) in [5.41, 5.74) is 0. The van der Waals surface area contributed by atoms with Gasteiger partial charge >= 0.3 is 171 Å². The molecule has 3 atom stereocenters. The monoisotopic (exact) mass is 410 g/mol. The van der Waals surface area contributed by atoms with Gasteiger partial charge in [-0.2, -0.15) is 8.62 Å². The second-order valence-corrected chi connectivity index (χ2v) is 6.70. The van der Waals surface area contributed by atoms with Crippen LogP contribution in [0, 0.1) is 0 Å². The first-order chi connectivity index (χ1) is 5.97. The van der Waals surface area contributed by atoms with Crippen molar-refractivity contribution in [2.24, 2.45) is 0 Å². The van der Waals surface area contributed by atoms with Crippen molar-refractivity contribution in [3.8, 4) is 0 Å². The third-order valence-corrected chi connectivity index (χ3v) is 4.94. The average molecular weight is 410 g/mol. The first kappa shape index (κ1) is 39.8. The van der Waals surface area contributed by atoms with Crippen molar-refractivity contribution in [1.82, 2.24) is 0 Å². The van der Waals surface area contributed by atoms with Crippen molar-refractivity contribution in [3.05, 3.63) is 0 Å². The molecule has 0 radical (unpaired) electrons. The average Bonchev–Trinajstić information content (AvgIpc) is 1.78. The van der Waals surface area contributed by atoms with Crippen LogP contribution in [0.2, 0.25) is 0 Å². The molecule has 0 heterocycles. The zero-order chi connectivity index (χ0) is 11.6. The van der Waals surface area contributed by atoms with Crippen molar-refractivity contribution in [1.29, 1.82) is 0 Å². The van der Waals surface area contributed by atoms with E-state index >= 15 is 0 Å². The molecule has 0 saturated carbocycles. The molecule has 0 aliphatic rings. The van der Waals surface area contributed by atoms with Crippen LogP contribution in [0.3, 0.4) is 0 Å². The fraction of sp³-hybridized carbons (Fsp3) is 0. The maximum absolute atomic E-state index is 10.6. The van der Waals surface area contributed by atoms with E-state index in [1.807, 2.05) is 0 Å². The van der Waals surface area contributed by atoms with Gasteiger partial charge in [-0.05, 0) is 0 Å². The first-order valence-corrected chi connectivity index (χ1v) is 7.49. The third-order valence-electron chi connectivity index (χ3n) is 0.549. The minimum atomic E-state index is -5.37. The van der Waals surface area contributed by atoms with Gasteiger partial charge in [0, 0.05) is 9.47 Å². The second-order valence-electron chi connectivity index (χ2n) is 1.70. The molecule has 19 heteroatoms. The fourth-order valence-corrected chi connectivity index (χ4v) is 3.31. The molecular weight excluding hydrogens is 399 g/mol. The summed E-state index contributed by atoms with van der Waals surface area (Å²) in [5, 5.41) is 0. The maximum atomic E-state index is 10.6. The van der Waals surface area contributed by atoms with Gasteiger partial charge in [-0.3, -0.25) is 4.31 Å². The number of phosphoric acid groups is 3. The van der Waals surface area contributed by atoms with E-state index in [1.54, 1.807) is 0 Å². The Balaban J connectivity index is -0.0000000845. The van der Waals surface area contributed by atoms with Gasteiger partial charge in [0.15, 0.2) is 0 Å². The predicted octanol–water partition coefficient (Wildman–Crippen LogP) is -3.12. The quantitative estimate of drug-likeness (QED) is 0.270. The summed E-state index contributed by atoms with van der Waals surface area (Å²) in [4.78, 5) is 33.2. The van der Waals surface area contributed by atoms with E-state index in [0.29, 0.717) is 0 Å². The van der Waals surface area contributed by atoms with Crippen molar-refractivity contribution in [3.63, 3.8) is 0 Å². The molecule has 0 amide bonds. The zero-order valence-corrected chi connectivity index (χ0v) is 10.00. The van der Waals surface area contributed by atoms with Crippen LogP contribution >= 0.6 is 32.9 Å². The number of rotatable bonds is 5. The normalized spacial score (nSPS) is 15.6. The van der Waals surface area contributed by atoms with Gasteiger partial charge < -0.3 is 19.6 Å². The molecule has 0 rings (SSSR count). The molecule has 0 aromatic heterocycles. The van der Waals surface area contributed by atoms with Crippen LogP contribution < -0.4 is 0 Å². The van der Waals surface area contributed by atoms with E-state index in [1.165, 1.54) is 9.47 Å². The van der Waals surface area contributed by atoms with Crippen molar-refractivity contribution < 1.29 is 46.2 Å². The van der Waals surface area contributed by atoms with Crippen molar-refractivity contribution in [2.75, 3.05) is 0 Å². The molecule has 0 bridgehead atoms. The predicted molar refractivity (Wildman–Crippen MR) is 80.4 cm³/mol. The van der Waals surface area contributed by atoms with E-state index < -0.39 is 23.5 Å². The minimum absolute atomic E-state index is 0. The molecular formula is H11Na5O10P4. The van der Waals surface area contributed by atoms with Gasteiger partial charge in [0.25, 0.3) is 0 Å². The Labute approximate surface area is 222 Å². The molecule has 0 aromatic rings. The van der Waals surface area contributed by atoms with E-state index in [9.17, 15) is 13.7 Å². The van der Waals surface area contributed by atoms with Gasteiger partial charge in [-0.1, -0.05) is 0 Å². The first-order valence-electron chi connectivity index (χ1n) is 2.50. The Hall–Kier alpha value is 5.84. The third kappa shape index (κ3) is 26.2. The van der Waals surface area contributed by atoms with E-state index in [2.05, 4.69) is 12.9 Å². The number of hydrogen-bond acceptors (Lipinski definition) is 6. The van der Waals surface area contributed by atoms with Gasteiger partial charge in [0.1, 0.15) is 0 Å². The fourth-order valence-electron chi connectivity index (χ4n) is 0.299. The molecule has 19 heavy (non-hydrogen) atoms. The summed E-state index contributed by atoms with van der Waals surface area (Å²) < 4.78 is 41.4. The Morgan fingerprint density at radius 1 is 0.684 bits per heavy atom. The molecule has 3 unspecified atom stereocenters. The Kier molecular flexibility index (Phi) is 36.1. The Bertz CT molecular complexity index is 337. The molecule has 0 aliphatic heterocycles. The van der Waals surface area contributed by atoms with Crippen LogP contribution in [0.4, 0.5) is 0 Å². The zero-order valence-electron chi connectivity index (χ0n) is 6.16. The molecule has 4 N–H and O–H groups in total. The number of hydrogen-bond donors (Lipinski definition) is 4. The molecule has 0 spiro atoms. The molecule has 0 aromatic carbocycles. The summed E-state index contributed by atoms with van der Waals surface area (Å²) in [6.45, 7) is 0. The summed E-state index contributed by atoms with van der Waals surface area (Å²) in [7, 11) is -14.3. The molecule has 0 aliphatic carbocycles. The van der Waals surface area contributed by atoms with Gasteiger partial charge in [-0.15, -0.1) is 0 Å². The summed E-state index contributed by atoms with van der Waals surface area (Å²) >= 11 is 0. The van der Waals surface area contributed by atoms with E-state index in [4.69, 9.17) is 19.6 Å². The summed E-state index contributed by atoms with van der Waals surface area (Å²) in [6.07, 6.45) is 0.